The molecule has 30 heavy (non-hydrogen) atoms. The number of carbonyl (C=O) groups is 2. The van der Waals surface area contributed by atoms with Gasteiger partial charge in [0.05, 0.1) is 34.7 Å². The summed E-state index contributed by atoms with van der Waals surface area (Å²) in [6.07, 6.45) is 1.93. The molecule has 2 aromatic carbocycles. The Bertz CT molecular complexity index is 1030. The van der Waals surface area contributed by atoms with Gasteiger partial charge in [0, 0.05) is 19.5 Å². The van der Waals surface area contributed by atoms with Gasteiger partial charge < -0.3 is 15.0 Å². The molecule has 0 atom stereocenters. The second-order valence-corrected chi connectivity index (χ2v) is 9.46. The van der Waals surface area contributed by atoms with Crippen LogP contribution in [0.4, 0.5) is 11.4 Å². The summed E-state index contributed by atoms with van der Waals surface area (Å²) in [6.45, 7) is 3.61. The van der Waals surface area contributed by atoms with Crippen LogP contribution >= 0.6 is 0 Å². The number of ether oxygens (including phenoxy) is 1. The number of sulfone groups is 1. The van der Waals surface area contributed by atoms with Gasteiger partial charge in [-0.25, -0.2) is 13.2 Å². The van der Waals surface area contributed by atoms with E-state index in [2.05, 4.69) is 10.2 Å². The maximum Gasteiger partial charge on any atom is 0.337 e. The number of nitrogens with zero attached hydrogens (tertiary/aromatic N) is 1. The van der Waals surface area contributed by atoms with Crippen LogP contribution in [0.1, 0.15) is 35.2 Å². The summed E-state index contributed by atoms with van der Waals surface area (Å²) >= 11 is 0. The van der Waals surface area contributed by atoms with E-state index >= 15 is 0 Å². The van der Waals surface area contributed by atoms with Gasteiger partial charge in [0.2, 0.25) is 5.91 Å². The van der Waals surface area contributed by atoms with Gasteiger partial charge >= 0.3 is 5.97 Å². The fourth-order valence-corrected chi connectivity index (χ4v) is 4.66. The van der Waals surface area contributed by atoms with Crippen LogP contribution in [0.5, 0.6) is 0 Å². The van der Waals surface area contributed by atoms with Crippen LogP contribution in [-0.4, -0.2) is 46.2 Å². The molecule has 0 aliphatic carbocycles. The van der Waals surface area contributed by atoms with Crippen molar-refractivity contribution >= 4 is 33.1 Å². The van der Waals surface area contributed by atoms with E-state index in [0.717, 1.165) is 37.2 Å². The zero-order chi connectivity index (χ0) is 21.7. The molecule has 1 aliphatic rings. The third-order valence-electron chi connectivity index (χ3n) is 5.12. The first-order chi connectivity index (χ1) is 14.3. The normalized spacial score (nSPS) is 13.9. The van der Waals surface area contributed by atoms with E-state index in [1.807, 2.05) is 6.92 Å². The highest BCUT2D eigenvalue weighted by molar-refractivity contribution is 7.91. The van der Waals surface area contributed by atoms with Gasteiger partial charge in [-0.15, -0.1) is 0 Å². The molecule has 1 amide bonds. The minimum atomic E-state index is -3.56. The minimum Gasteiger partial charge on any atom is -0.465 e. The summed E-state index contributed by atoms with van der Waals surface area (Å²) in [5.74, 6) is -1.22. The van der Waals surface area contributed by atoms with Crippen LogP contribution in [0.2, 0.25) is 0 Å². The van der Waals surface area contributed by atoms with E-state index in [-0.39, 0.29) is 17.1 Å². The molecule has 160 valence electrons. The van der Waals surface area contributed by atoms with E-state index < -0.39 is 21.7 Å². The lowest BCUT2D eigenvalue weighted by Gasteiger charge is -2.22. The predicted octanol–water partition coefficient (Wildman–Crippen LogP) is 3.18. The average molecular weight is 431 g/mol. The van der Waals surface area contributed by atoms with Crippen LogP contribution in [0.15, 0.2) is 47.4 Å². The van der Waals surface area contributed by atoms with Gasteiger partial charge in [-0.3, -0.25) is 4.79 Å². The zero-order valence-electron chi connectivity index (χ0n) is 17.2. The number of esters is 1. The first kappa shape index (κ1) is 21.8. The fraction of sp³-hybridized carbons (Fsp3) is 0.364. The maximum atomic E-state index is 12.6. The van der Waals surface area contributed by atoms with Crippen molar-refractivity contribution in [2.45, 2.75) is 31.1 Å². The summed E-state index contributed by atoms with van der Waals surface area (Å²) in [5, 5.41) is 2.79. The highest BCUT2D eigenvalue weighted by Gasteiger charge is 2.21. The van der Waals surface area contributed by atoms with Crippen LogP contribution in [0.3, 0.4) is 0 Å². The molecule has 0 saturated carbocycles. The standard InChI is InChI=1S/C22H26N2O5S/c1-16-5-8-18(9-6-16)30(27,28)14-11-21(25)23-19-15-17(22(26)29-2)7-10-20(19)24-12-3-4-13-24/h5-10,15H,3-4,11-14H2,1-2H3,(H,23,25). The first-order valence-corrected chi connectivity index (χ1v) is 11.5. The number of benzene rings is 2. The molecule has 1 saturated heterocycles. The number of amides is 1. The number of nitrogens with one attached hydrogen (secondary N) is 1. The topological polar surface area (TPSA) is 92.8 Å². The third kappa shape index (κ3) is 5.18. The van der Waals surface area contributed by atoms with E-state index in [1.165, 1.54) is 7.11 Å². The molecular weight excluding hydrogens is 404 g/mol. The molecule has 0 radical (unpaired) electrons. The lowest BCUT2D eigenvalue weighted by Crippen LogP contribution is -2.22. The molecular formula is C22H26N2O5S. The second-order valence-electron chi connectivity index (χ2n) is 7.35. The molecule has 3 rings (SSSR count). The Hall–Kier alpha value is -2.87. The number of hydrogen-bond donors (Lipinski definition) is 1. The van der Waals surface area contributed by atoms with Gasteiger partial charge in [0.1, 0.15) is 0 Å². The van der Waals surface area contributed by atoms with Crippen molar-refractivity contribution in [1.29, 1.82) is 0 Å². The molecule has 1 heterocycles. The summed E-state index contributed by atoms with van der Waals surface area (Å²) < 4.78 is 29.8. The van der Waals surface area contributed by atoms with Crippen molar-refractivity contribution in [2.24, 2.45) is 0 Å². The maximum absolute atomic E-state index is 12.6. The van der Waals surface area contributed by atoms with Crippen LogP contribution in [0.25, 0.3) is 0 Å². The molecule has 1 N–H and O–H groups in total. The Kier molecular flexibility index (Phi) is 6.77. The first-order valence-electron chi connectivity index (χ1n) is 9.87. The number of hydrogen-bond acceptors (Lipinski definition) is 6. The monoisotopic (exact) mass is 430 g/mol. The van der Waals surface area contributed by atoms with Crippen molar-refractivity contribution in [3.63, 3.8) is 0 Å². The van der Waals surface area contributed by atoms with Crippen LogP contribution in [-0.2, 0) is 19.4 Å². The Morgan fingerprint density at radius 1 is 1.07 bits per heavy atom. The largest absolute Gasteiger partial charge is 0.465 e. The predicted molar refractivity (Wildman–Crippen MR) is 116 cm³/mol. The fourth-order valence-electron chi connectivity index (χ4n) is 3.42. The lowest BCUT2D eigenvalue weighted by atomic mass is 10.1. The minimum absolute atomic E-state index is 0.182. The Balaban J connectivity index is 1.74. The van der Waals surface area contributed by atoms with Gasteiger partial charge in [0.25, 0.3) is 0 Å². The van der Waals surface area contributed by atoms with E-state index in [1.54, 1.807) is 42.5 Å². The summed E-state index contributed by atoms with van der Waals surface area (Å²) in [4.78, 5) is 26.8. The van der Waals surface area contributed by atoms with Crippen molar-refractivity contribution in [1.82, 2.24) is 0 Å². The number of methoxy groups -OCH3 is 1. The molecule has 1 aliphatic heterocycles. The number of carbonyl (C=O) groups excluding carboxylic acids is 2. The molecule has 0 aromatic heterocycles. The lowest BCUT2D eigenvalue weighted by molar-refractivity contribution is -0.115. The zero-order valence-corrected chi connectivity index (χ0v) is 18.0. The highest BCUT2D eigenvalue weighted by Crippen LogP contribution is 2.30. The average Bonchev–Trinajstić information content (AvgIpc) is 3.26. The van der Waals surface area contributed by atoms with Crippen molar-refractivity contribution in [2.75, 3.05) is 36.2 Å². The number of aryl methyl sites for hydroxylation is 1. The Labute approximate surface area is 177 Å². The summed E-state index contributed by atoms with van der Waals surface area (Å²) in [6, 6.07) is 11.6. The van der Waals surface area contributed by atoms with Gasteiger partial charge in [-0.2, -0.15) is 0 Å². The Morgan fingerprint density at radius 2 is 1.73 bits per heavy atom. The molecule has 0 spiro atoms. The number of rotatable bonds is 7. The number of anilines is 2. The highest BCUT2D eigenvalue weighted by atomic mass is 32.2. The Morgan fingerprint density at radius 3 is 2.37 bits per heavy atom. The smallest absolute Gasteiger partial charge is 0.337 e. The summed E-state index contributed by atoms with van der Waals surface area (Å²) in [7, 11) is -2.26. The SMILES string of the molecule is COC(=O)c1ccc(N2CCCC2)c(NC(=O)CCS(=O)(=O)c2ccc(C)cc2)c1. The molecule has 0 unspecified atom stereocenters. The van der Waals surface area contributed by atoms with E-state index in [4.69, 9.17) is 4.74 Å². The quantitative estimate of drug-likeness (QED) is 0.678. The summed E-state index contributed by atoms with van der Waals surface area (Å²) in [5.41, 5.74) is 2.59. The van der Waals surface area contributed by atoms with E-state index in [9.17, 15) is 18.0 Å². The van der Waals surface area contributed by atoms with Crippen molar-refractivity contribution < 1.29 is 22.7 Å². The van der Waals surface area contributed by atoms with Crippen molar-refractivity contribution in [3.05, 3.63) is 53.6 Å². The molecule has 1 fully saturated rings. The van der Waals surface area contributed by atoms with Gasteiger partial charge in [-0.05, 0) is 50.1 Å². The third-order valence-corrected chi connectivity index (χ3v) is 6.85. The second kappa shape index (κ2) is 9.30. The molecule has 2 aromatic rings. The van der Waals surface area contributed by atoms with Crippen LogP contribution in [0, 0.1) is 6.92 Å². The van der Waals surface area contributed by atoms with E-state index in [0.29, 0.717) is 11.3 Å². The molecule has 7 nitrogen and oxygen atoms in total. The van der Waals surface area contributed by atoms with Gasteiger partial charge in [-0.1, -0.05) is 17.7 Å². The van der Waals surface area contributed by atoms with Gasteiger partial charge in [0.15, 0.2) is 9.84 Å². The van der Waals surface area contributed by atoms with Crippen LogP contribution < -0.4 is 10.2 Å². The molecule has 8 heteroatoms. The molecule has 0 bridgehead atoms. The van der Waals surface area contributed by atoms with Crippen molar-refractivity contribution in [3.8, 4) is 0 Å².